The maximum atomic E-state index is 9.69. The molecule has 6 heteroatoms. The quantitative estimate of drug-likeness (QED) is 0.390. The van der Waals surface area contributed by atoms with Crippen molar-refractivity contribution in [2.45, 2.75) is 30.8 Å². The summed E-state index contributed by atoms with van der Waals surface area (Å²) in [5.41, 5.74) is 0. The predicted octanol–water partition coefficient (Wildman–Crippen LogP) is -2.45. The van der Waals surface area contributed by atoms with Gasteiger partial charge in [0.25, 0.3) is 0 Å². The number of rotatable bonds is 1. The van der Waals surface area contributed by atoms with Crippen LogP contribution in [0.3, 0.4) is 0 Å². The van der Waals surface area contributed by atoms with Gasteiger partial charge in [-0.05, 0) is 6.42 Å². The third-order valence-electron chi connectivity index (χ3n) is 3.04. The molecule has 0 aromatic rings. The average Bonchev–Trinajstić information content (AvgIpc) is 2.27. The van der Waals surface area contributed by atoms with Crippen LogP contribution in [-0.2, 0) is 0 Å². The van der Waals surface area contributed by atoms with Gasteiger partial charge in [-0.25, -0.2) is 0 Å². The van der Waals surface area contributed by atoms with Crippen molar-refractivity contribution in [3.8, 4) is 0 Å². The Hall–Kier alpha value is -0.690. The van der Waals surface area contributed by atoms with Crippen LogP contribution in [0.1, 0.15) is 6.42 Å². The van der Waals surface area contributed by atoms with E-state index in [2.05, 4.69) is 4.99 Å². The second kappa shape index (κ2) is 4.05. The molecule has 0 amide bonds. The van der Waals surface area contributed by atoms with Crippen molar-refractivity contribution in [2.75, 3.05) is 19.7 Å². The molecule has 0 spiro atoms. The zero-order valence-corrected chi connectivity index (χ0v) is 8.32. The van der Waals surface area contributed by atoms with Crippen LogP contribution in [0.15, 0.2) is 4.99 Å². The first-order valence-corrected chi connectivity index (χ1v) is 5.13. The molecule has 2 heterocycles. The van der Waals surface area contributed by atoms with Crippen molar-refractivity contribution in [2.24, 2.45) is 4.99 Å². The Balaban J connectivity index is 2.28. The van der Waals surface area contributed by atoms with Crippen LogP contribution in [0, 0.1) is 0 Å². The lowest BCUT2D eigenvalue weighted by Gasteiger charge is -2.46. The van der Waals surface area contributed by atoms with Crippen LogP contribution in [0.4, 0.5) is 0 Å². The molecule has 4 N–H and O–H groups in total. The summed E-state index contributed by atoms with van der Waals surface area (Å²) in [6.45, 7) is 0.999. The van der Waals surface area contributed by atoms with E-state index in [1.54, 1.807) is 4.90 Å². The highest BCUT2D eigenvalue weighted by atomic mass is 16.4. The zero-order chi connectivity index (χ0) is 11.0. The van der Waals surface area contributed by atoms with Gasteiger partial charge < -0.3 is 25.3 Å². The summed E-state index contributed by atoms with van der Waals surface area (Å²) in [6, 6.07) is -0.567. The molecular weight excluding hydrogens is 200 g/mol. The van der Waals surface area contributed by atoms with E-state index >= 15 is 0 Å². The zero-order valence-electron chi connectivity index (χ0n) is 8.32. The second-order valence-corrected chi connectivity index (χ2v) is 3.96. The molecular formula is C9H16N2O4. The van der Waals surface area contributed by atoms with E-state index < -0.39 is 24.4 Å². The first-order chi connectivity index (χ1) is 7.16. The fourth-order valence-electron chi connectivity index (χ4n) is 2.20. The average molecular weight is 216 g/mol. The largest absolute Gasteiger partial charge is 0.394 e. The van der Waals surface area contributed by atoms with Gasteiger partial charge in [-0.15, -0.1) is 0 Å². The molecule has 86 valence electrons. The van der Waals surface area contributed by atoms with Crippen LogP contribution in [0.5, 0.6) is 0 Å². The van der Waals surface area contributed by atoms with E-state index in [0.29, 0.717) is 18.9 Å². The van der Waals surface area contributed by atoms with Crippen LogP contribution in [0.25, 0.3) is 0 Å². The number of aliphatic imine (C=N–C) groups is 1. The molecule has 1 saturated heterocycles. The standard InChI is InChI=1S/C9H16N2O4/c12-4-5-6(13)7(14)8(15)9-10-2-1-3-11(5)9/h5-8,12-15H,1-4H2/t5-,6-,7+,8+/m1/s1. The van der Waals surface area contributed by atoms with E-state index in [0.717, 1.165) is 6.42 Å². The van der Waals surface area contributed by atoms with E-state index in [4.69, 9.17) is 5.11 Å². The SMILES string of the molecule is OC[C@@H]1[C@@H](O)[C@H](O)[C@H](O)C2=NCCCN21. The molecule has 0 saturated carbocycles. The minimum atomic E-state index is -1.27. The Morgan fingerprint density at radius 2 is 2.00 bits per heavy atom. The smallest absolute Gasteiger partial charge is 0.139 e. The van der Waals surface area contributed by atoms with Crippen LogP contribution < -0.4 is 0 Å². The fraction of sp³-hybridized carbons (Fsp3) is 0.889. The highest BCUT2D eigenvalue weighted by molar-refractivity contribution is 5.89. The predicted molar refractivity (Wildman–Crippen MR) is 52.5 cm³/mol. The van der Waals surface area contributed by atoms with Gasteiger partial charge in [0, 0.05) is 13.1 Å². The van der Waals surface area contributed by atoms with E-state index in [1.165, 1.54) is 0 Å². The summed E-state index contributed by atoms with van der Waals surface area (Å²) in [5.74, 6) is 0.387. The highest BCUT2D eigenvalue weighted by Crippen LogP contribution is 2.23. The Kier molecular flexibility index (Phi) is 2.92. The molecule has 0 aromatic carbocycles. The molecule has 1 fully saturated rings. The topological polar surface area (TPSA) is 96.5 Å². The van der Waals surface area contributed by atoms with Crippen molar-refractivity contribution in [1.29, 1.82) is 0 Å². The van der Waals surface area contributed by atoms with Crippen molar-refractivity contribution >= 4 is 5.84 Å². The minimum Gasteiger partial charge on any atom is -0.394 e. The summed E-state index contributed by atoms with van der Waals surface area (Å²) in [5, 5.41) is 38.1. The van der Waals surface area contributed by atoms with Crippen molar-refractivity contribution in [3.05, 3.63) is 0 Å². The minimum absolute atomic E-state index is 0.260. The third-order valence-corrected chi connectivity index (χ3v) is 3.04. The lowest BCUT2D eigenvalue weighted by atomic mass is 9.92. The van der Waals surface area contributed by atoms with Crippen molar-refractivity contribution in [1.82, 2.24) is 4.90 Å². The number of hydrogen-bond acceptors (Lipinski definition) is 6. The third kappa shape index (κ3) is 1.63. The Bertz CT molecular complexity index is 271. The number of aliphatic hydroxyl groups excluding tert-OH is 4. The van der Waals surface area contributed by atoms with Crippen LogP contribution >= 0.6 is 0 Å². The van der Waals surface area contributed by atoms with Gasteiger partial charge in [-0.1, -0.05) is 0 Å². The molecule has 2 aliphatic rings. The first kappa shape index (κ1) is 10.8. The lowest BCUT2D eigenvalue weighted by Crippen LogP contribution is -2.66. The lowest BCUT2D eigenvalue weighted by molar-refractivity contribution is -0.0976. The Morgan fingerprint density at radius 3 is 2.67 bits per heavy atom. The summed E-state index contributed by atoms with van der Waals surface area (Å²) in [6.07, 6.45) is -2.73. The number of hydrogen-bond donors (Lipinski definition) is 4. The molecule has 0 radical (unpaired) electrons. The number of piperidine rings is 1. The first-order valence-electron chi connectivity index (χ1n) is 5.13. The van der Waals surface area contributed by atoms with Crippen molar-refractivity contribution < 1.29 is 20.4 Å². The maximum Gasteiger partial charge on any atom is 0.139 e. The molecule has 6 nitrogen and oxygen atoms in total. The van der Waals surface area contributed by atoms with Crippen LogP contribution in [-0.4, -0.2) is 75.2 Å². The summed E-state index contributed by atoms with van der Waals surface area (Å²) in [4.78, 5) is 5.81. The van der Waals surface area contributed by atoms with Gasteiger partial charge in [0.1, 0.15) is 24.1 Å². The Morgan fingerprint density at radius 1 is 1.27 bits per heavy atom. The van der Waals surface area contributed by atoms with Crippen molar-refractivity contribution in [3.63, 3.8) is 0 Å². The van der Waals surface area contributed by atoms with E-state index in [9.17, 15) is 15.3 Å². The van der Waals surface area contributed by atoms with Crippen LogP contribution in [0.2, 0.25) is 0 Å². The maximum absolute atomic E-state index is 9.69. The van der Waals surface area contributed by atoms with Gasteiger partial charge in [0.15, 0.2) is 0 Å². The van der Waals surface area contributed by atoms with E-state index in [-0.39, 0.29) is 6.61 Å². The summed E-state index contributed by atoms with van der Waals surface area (Å²) >= 11 is 0. The molecule has 15 heavy (non-hydrogen) atoms. The molecule has 2 rings (SSSR count). The van der Waals surface area contributed by atoms with Gasteiger partial charge in [-0.3, -0.25) is 4.99 Å². The van der Waals surface area contributed by atoms with Gasteiger partial charge >= 0.3 is 0 Å². The normalized spacial score (nSPS) is 41.1. The Labute approximate surface area is 87.5 Å². The molecule has 4 atom stereocenters. The number of fused-ring (bicyclic) bond motifs is 1. The number of nitrogens with zero attached hydrogens (tertiary/aromatic N) is 2. The van der Waals surface area contributed by atoms with Gasteiger partial charge in [0.05, 0.1) is 12.6 Å². The van der Waals surface area contributed by atoms with Gasteiger partial charge in [0.2, 0.25) is 0 Å². The molecule has 0 aliphatic carbocycles. The van der Waals surface area contributed by atoms with Gasteiger partial charge in [-0.2, -0.15) is 0 Å². The highest BCUT2D eigenvalue weighted by Gasteiger charge is 2.45. The summed E-state index contributed by atoms with van der Waals surface area (Å²) in [7, 11) is 0. The number of amidine groups is 1. The van der Waals surface area contributed by atoms with E-state index in [1.807, 2.05) is 0 Å². The number of aliphatic hydroxyl groups is 4. The summed E-state index contributed by atoms with van der Waals surface area (Å²) < 4.78 is 0. The molecule has 2 aliphatic heterocycles. The second-order valence-electron chi connectivity index (χ2n) is 3.96. The fourth-order valence-corrected chi connectivity index (χ4v) is 2.20. The monoisotopic (exact) mass is 216 g/mol. The molecule has 0 bridgehead atoms. The molecule has 0 aromatic heterocycles. The molecule has 0 unspecified atom stereocenters.